The van der Waals surface area contributed by atoms with Gasteiger partial charge in [0.15, 0.2) is 0 Å². The van der Waals surface area contributed by atoms with Crippen LogP contribution in [0, 0.1) is 6.92 Å². The first-order valence-corrected chi connectivity index (χ1v) is 4.92. The molecule has 1 aromatic heterocycles. The molecule has 0 aliphatic carbocycles. The highest BCUT2D eigenvalue weighted by Gasteiger charge is 1.97. The van der Waals surface area contributed by atoms with Crippen molar-refractivity contribution in [1.82, 2.24) is 4.98 Å². The van der Waals surface area contributed by atoms with E-state index >= 15 is 0 Å². The van der Waals surface area contributed by atoms with Crippen molar-refractivity contribution in [2.24, 2.45) is 0 Å². The Bertz CT molecular complexity index is 454. The summed E-state index contributed by atoms with van der Waals surface area (Å²) in [6.07, 6.45) is 4.03. The summed E-state index contributed by atoms with van der Waals surface area (Å²) in [5, 5.41) is 9.27. The van der Waals surface area contributed by atoms with Gasteiger partial charge in [0.1, 0.15) is 5.75 Å². The van der Waals surface area contributed by atoms with Crippen LogP contribution in [0.15, 0.2) is 42.7 Å². The third-order valence-corrected chi connectivity index (χ3v) is 2.31. The lowest BCUT2D eigenvalue weighted by Gasteiger charge is -2.02. The van der Waals surface area contributed by atoms with Crippen LogP contribution in [0.5, 0.6) is 5.75 Å². The molecule has 0 fully saturated rings. The Morgan fingerprint density at radius 2 is 1.75 bits per heavy atom. The lowest BCUT2D eigenvalue weighted by atomic mass is 10.1. The van der Waals surface area contributed by atoms with Crippen LogP contribution in [0.3, 0.4) is 0 Å². The average molecular weight is 236 g/mol. The highest BCUT2D eigenvalue weighted by Crippen LogP contribution is 2.13. The zero-order valence-electron chi connectivity index (χ0n) is 9.05. The van der Waals surface area contributed by atoms with Crippen LogP contribution in [0.2, 0.25) is 0 Å². The van der Waals surface area contributed by atoms with Gasteiger partial charge in [-0.25, -0.2) is 0 Å². The Kier molecular flexibility index (Phi) is 4.32. The second-order valence-electron chi connectivity index (χ2n) is 3.71. The van der Waals surface area contributed by atoms with Crippen LogP contribution in [-0.4, -0.2) is 10.1 Å². The SMILES string of the molecule is Cc1ccc(Cc2cncc(O)c2)cc1.Cl. The lowest BCUT2D eigenvalue weighted by Crippen LogP contribution is -1.89. The minimum absolute atomic E-state index is 0. The Balaban J connectivity index is 0.00000128. The topological polar surface area (TPSA) is 33.1 Å². The van der Waals surface area contributed by atoms with Crippen LogP contribution in [0.4, 0.5) is 0 Å². The number of benzene rings is 1. The number of hydrogen-bond donors (Lipinski definition) is 1. The highest BCUT2D eigenvalue weighted by molar-refractivity contribution is 5.85. The molecule has 1 N–H and O–H groups in total. The van der Waals surface area contributed by atoms with Crippen LogP contribution in [0.1, 0.15) is 16.7 Å². The molecule has 0 unspecified atom stereocenters. The van der Waals surface area contributed by atoms with Crippen LogP contribution in [-0.2, 0) is 6.42 Å². The van der Waals surface area contributed by atoms with Gasteiger partial charge in [-0.1, -0.05) is 29.8 Å². The van der Waals surface area contributed by atoms with Crippen molar-refractivity contribution in [2.45, 2.75) is 13.3 Å². The molecule has 84 valence electrons. The second kappa shape index (κ2) is 5.52. The molecule has 0 radical (unpaired) electrons. The summed E-state index contributed by atoms with van der Waals surface area (Å²) in [5.41, 5.74) is 3.51. The molecule has 0 saturated heterocycles. The molecule has 2 nitrogen and oxygen atoms in total. The fourth-order valence-corrected chi connectivity index (χ4v) is 1.51. The summed E-state index contributed by atoms with van der Waals surface area (Å²) in [6, 6.07) is 10.1. The van der Waals surface area contributed by atoms with Crippen molar-refractivity contribution in [3.8, 4) is 5.75 Å². The maximum atomic E-state index is 9.27. The Hall–Kier alpha value is -1.54. The van der Waals surface area contributed by atoms with Gasteiger partial charge >= 0.3 is 0 Å². The summed E-state index contributed by atoms with van der Waals surface area (Å²) in [5.74, 6) is 0.222. The van der Waals surface area contributed by atoms with Crippen LogP contribution in [0.25, 0.3) is 0 Å². The lowest BCUT2D eigenvalue weighted by molar-refractivity contribution is 0.472. The number of rotatable bonds is 2. The molecule has 16 heavy (non-hydrogen) atoms. The van der Waals surface area contributed by atoms with Crippen molar-refractivity contribution in [2.75, 3.05) is 0 Å². The van der Waals surface area contributed by atoms with Gasteiger partial charge in [0, 0.05) is 6.20 Å². The first-order valence-electron chi connectivity index (χ1n) is 4.92. The van der Waals surface area contributed by atoms with E-state index in [1.807, 2.05) is 0 Å². The fourth-order valence-electron chi connectivity index (χ4n) is 1.51. The van der Waals surface area contributed by atoms with Crippen LogP contribution < -0.4 is 0 Å². The van der Waals surface area contributed by atoms with Gasteiger partial charge in [-0.05, 0) is 30.5 Å². The maximum absolute atomic E-state index is 9.27. The minimum atomic E-state index is 0. The summed E-state index contributed by atoms with van der Waals surface area (Å²) in [4.78, 5) is 3.95. The Morgan fingerprint density at radius 1 is 1.06 bits per heavy atom. The van der Waals surface area contributed by atoms with Gasteiger partial charge in [-0.3, -0.25) is 4.98 Å². The molecule has 1 heterocycles. The monoisotopic (exact) mass is 235 g/mol. The van der Waals surface area contributed by atoms with Gasteiger partial charge in [0.2, 0.25) is 0 Å². The molecule has 0 amide bonds. The van der Waals surface area contributed by atoms with Crippen LogP contribution >= 0.6 is 12.4 Å². The van der Waals surface area contributed by atoms with E-state index in [1.165, 1.54) is 17.3 Å². The molecule has 0 aliphatic rings. The number of aryl methyl sites for hydroxylation is 1. The third-order valence-electron chi connectivity index (χ3n) is 2.31. The van der Waals surface area contributed by atoms with E-state index in [9.17, 15) is 5.11 Å². The number of aromatic nitrogens is 1. The van der Waals surface area contributed by atoms with E-state index in [1.54, 1.807) is 12.3 Å². The Morgan fingerprint density at radius 3 is 2.38 bits per heavy atom. The molecule has 0 saturated carbocycles. The first-order chi connectivity index (χ1) is 7.24. The molecule has 1 aromatic carbocycles. The predicted molar refractivity (Wildman–Crippen MR) is 67.1 cm³/mol. The maximum Gasteiger partial charge on any atom is 0.134 e. The number of pyridine rings is 1. The number of nitrogens with zero attached hydrogens (tertiary/aromatic N) is 1. The molecule has 0 aliphatic heterocycles. The molecule has 2 rings (SSSR count). The van der Waals surface area contributed by atoms with Crippen molar-refractivity contribution >= 4 is 12.4 Å². The van der Waals surface area contributed by atoms with Crippen molar-refractivity contribution in [3.63, 3.8) is 0 Å². The zero-order chi connectivity index (χ0) is 10.7. The standard InChI is InChI=1S/C13H13NO.ClH/c1-10-2-4-11(5-3-10)6-12-7-13(15)9-14-8-12;/h2-5,7-9,15H,6H2,1H3;1H. The first kappa shape index (κ1) is 12.5. The van der Waals surface area contributed by atoms with Gasteiger partial charge < -0.3 is 5.11 Å². The summed E-state index contributed by atoms with van der Waals surface area (Å²) in [6.45, 7) is 2.07. The smallest absolute Gasteiger partial charge is 0.134 e. The predicted octanol–water partition coefficient (Wildman–Crippen LogP) is 3.11. The van der Waals surface area contributed by atoms with E-state index in [-0.39, 0.29) is 18.2 Å². The molecule has 2 aromatic rings. The molecule has 0 spiro atoms. The summed E-state index contributed by atoms with van der Waals surface area (Å²) >= 11 is 0. The van der Waals surface area contributed by atoms with E-state index in [0.717, 1.165) is 12.0 Å². The molecular formula is C13H14ClNO. The van der Waals surface area contributed by atoms with Crippen molar-refractivity contribution in [1.29, 1.82) is 0 Å². The fraction of sp³-hybridized carbons (Fsp3) is 0.154. The van der Waals surface area contributed by atoms with Gasteiger partial charge in [-0.15, -0.1) is 12.4 Å². The second-order valence-corrected chi connectivity index (χ2v) is 3.71. The van der Waals surface area contributed by atoms with Gasteiger partial charge in [0.05, 0.1) is 6.20 Å². The molecular weight excluding hydrogens is 222 g/mol. The third kappa shape index (κ3) is 3.24. The zero-order valence-corrected chi connectivity index (χ0v) is 9.87. The number of aromatic hydroxyl groups is 1. The number of halogens is 1. The quantitative estimate of drug-likeness (QED) is 0.868. The van der Waals surface area contributed by atoms with Gasteiger partial charge in [-0.2, -0.15) is 0 Å². The minimum Gasteiger partial charge on any atom is -0.506 e. The summed E-state index contributed by atoms with van der Waals surface area (Å²) in [7, 11) is 0. The van der Waals surface area contributed by atoms with Crippen molar-refractivity contribution < 1.29 is 5.11 Å². The number of hydrogen-bond acceptors (Lipinski definition) is 2. The molecule has 0 atom stereocenters. The van der Waals surface area contributed by atoms with E-state index in [0.29, 0.717) is 0 Å². The van der Waals surface area contributed by atoms with E-state index in [4.69, 9.17) is 0 Å². The largest absolute Gasteiger partial charge is 0.506 e. The van der Waals surface area contributed by atoms with E-state index < -0.39 is 0 Å². The summed E-state index contributed by atoms with van der Waals surface area (Å²) < 4.78 is 0. The molecule has 0 bridgehead atoms. The van der Waals surface area contributed by atoms with Crippen molar-refractivity contribution in [3.05, 3.63) is 59.4 Å². The average Bonchev–Trinajstić information content (AvgIpc) is 2.22. The molecule has 3 heteroatoms. The Labute approximate surface area is 101 Å². The van der Waals surface area contributed by atoms with Gasteiger partial charge in [0.25, 0.3) is 0 Å². The van der Waals surface area contributed by atoms with E-state index in [2.05, 4.69) is 36.2 Å². The highest BCUT2D eigenvalue weighted by atomic mass is 35.5. The normalized spacial score (nSPS) is 9.56.